The minimum absolute atomic E-state index is 0.00473. The molecular weight excluding hydrogens is 266 g/mol. The molecule has 21 heavy (non-hydrogen) atoms. The Kier molecular flexibility index (Phi) is 5.37. The van der Waals surface area contributed by atoms with E-state index in [2.05, 4.69) is 37.4 Å². The fourth-order valence-corrected chi connectivity index (χ4v) is 2.65. The molecule has 1 heterocycles. The largest absolute Gasteiger partial charge is 0.388 e. The molecule has 1 aromatic carbocycles. The first-order valence-corrected chi connectivity index (χ1v) is 7.61. The monoisotopic (exact) mass is 291 g/mol. The number of hydrogen-bond acceptors (Lipinski definition) is 3. The molecular formula is C17H25NO3. The van der Waals surface area contributed by atoms with E-state index in [0.29, 0.717) is 39.0 Å². The fraction of sp³-hybridized carbons (Fsp3) is 0.588. The van der Waals surface area contributed by atoms with Gasteiger partial charge in [-0.2, -0.15) is 0 Å². The summed E-state index contributed by atoms with van der Waals surface area (Å²) in [5.41, 5.74) is 2.88. The maximum Gasteiger partial charge on any atom is 0.220 e. The number of amides is 1. The smallest absolute Gasteiger partial charge is 0.220 e. The van der Waals surface area contributed by atoms with E-state index >= 15 is 0 Å². The van der Waals surface area contributed by atoms with Gasteiger partial charge in [-0.25, -0.2) is 0 Å². The minimum Gasteiger partial charge on any atom is -0.388 e. The van der Waals surface area contributed by atoms with Crippen molar-refractivity contribution in [2.75, 3.05) is 19.8 Å². The van der Waals surface area contributed by atoms with Crippen LogP contribution in [0.2, 0.25) is 0 Å². The maximum absolute atomic E-state index is 11.9. The fourth-order valence-electron chi connectivity index (χ4n) is 2.65. The van der Waals surface area contributed by atoms with Crippen LogP contribution in [0, 0.1) is 13.8 Å². The average molecular weight is 291 g/mol. The van der Waals surface area contributed by atoms with E-state index in [1.807, 2.05) is 0 Å². The van der Waals surface area contributed by atoms with Crippen LogP contribution in [-0.2, 0) is 16.0 Å². The van der Waals surface area contributed by atoms with Crippen LogP contribution < -0.4 is 5.32 Å². The van der Waals surface area contributed by atoms with Gasteiger partial charge in [-0.3, -0.25) is 4.79 Å². The SMILES string of the molecule is Cc1ccc(CCC(=O)NCC2(O)CCOCC2)c(C)c1. The summed E-state index contributed by atoms with van der Waals surface area (Å²) in [6.07, 6.45) is 2.37. The average Bonchev–Trinajstić information content (AvgIpc) is 2.45. The Bertz CT molecular complexity index is 493. The maximum atomic E-state index is 11.9. The third-order valence-electron chi connectivity index (χ3n) is 4.16. The highest BCUT2D eigenvalue weighted by atomic mass is 16.5. The van der Waals surface area contributed by atoms with Crippen molar-refractivity contribution < 1.29 is 14.6 Å². The molecule has 1 aliphatic rings. The lowest BCUT2D eigenvalue weighted by atomic mass is 9.94. The number of carbonyl (C=O) groups is 1. The van der Waals surface area contributed by atoms with E-state index in [1.165, 1.54) is 16.7 Å². The van der Waals surface area contributed by atoms with E-state index in [4.69, 9.17) is 4.74 Å². The molecule has 1 saturated heterocycles. The van der Waals surface area contributed by atoms with Gasteiger partial charge in [-0.15, -0.1) is 0 Å². The van der Waals surface area contributed by atoms with E-state index in [9.17, 15) is 9.90 Å². The van der Waals surface area contributed by atoms with Gasteiger partial charge in [-0.1, -0.05) is 23.8 Å². The van der Waals surface area contributed by atoms with Gasteiger partial charge in [0.1, 0.15) is 0 Å². The highest BCUT2D eigenvalue weighted by Gasteiger charge is 2.29. The third kappa shape index (κ3) is 4.83. The summed E-state index contributed by atoms with van der Waals surface area (Å²) in [7, 11) is 0. The molecule has 0 unspecified atom stereocenters. The quantitative estimate of drug-likeness (QED) is 0.871. The van der Waals surface area contributed by atoms with Crippen LogP contribution in [0.4, 0.5) is 0 Å². The predicted octanol–water partition coefficient (Wildman–Crippen LogP) is 1.89. The van der Waals surface area contributed by atoms with Crippen molar-refractivity contribution in [2.24, 2.45) is 0 Å². The normalized spacial score (nSPS) is 17.5. The lowest BCUT2D eigenvalue weighted by molar-refractivity contribution is -0.123. The number of carbonyl (C=O) groups excluding carboxylic acids is 1. The minimum atomic E-state index is -0.798. The van der Waals surface area contributed by atoms with E-state index < -0.39 is 5.60 Å². The predicted molar refractivity (Wildman–Crippen MR) is 82.2 cm³/mol. The summed E-state index contributed by atoms with van der Waals surface area (Å²) >= 11 is 0. The van der Waals surface area contributed by atoms with Gasteiger partial charge in [0.25, 0.3) is 0 Å². The van der Waals surface area contributed by atoms with Crippen LogP contribution in [0.25, 0.3) is 0 Å². The molecule has 1 aliphatic heterocycles. The van der Waals surface area contributed by atoms with Gasteiger partial charge in [0.2, 0.25) is 5.91 Å². The molecule has 0 spiro atoms. The Morgan fingerprint density at radius 3 is 2.71 bits per heavy atom. The van der Waals surface area contributed by atoms with Crippen molar-refractivity contribution in [3.8, 4) is 0 Å². The number of ether oxygens (including phenoxy) is 1. The first-order chi connectivity index (χ1) is 9.98. The van der Waals surface area contributed by atoms with Gasteiger partial charge in [0.05, 0.1) is 5.60 Å². The van der Waals surface area contributed by atoms with Crippen molar-refractivity contribution in [2.45, 2.75) is 45.1 Å². The second-order valence-electron chi connectivity index (χ2n) is 6.04. The topological polar surface area (TPSA) is 58.6 Å². The number of nitrogens with one attached hydrogen (secondary N) is 1. The lowest BCUT2D eigenvalue weighted by Crippen LogP contribution is -2.46. The lowest BCUT2D eigenvalue weighted by Gasteiger charge is -2.32. The molecule has 1 fully saturated rings. The summed E-state index contributed by atoms with van der Waals surface area (Å²) in [6.45, 7) is 5.59. The second kappa shape index (κ2) is 7.05. The molecule has 0 saturated carbocycles. The number of benzene rings is 1. The second-order valence-corrected chi connectivity index (χ2v) is 6.04. The van der Waals surface area contributed by atoms with E-state index in [-0.39, 0.29) is 5.91 Å². The summed E-state index contributed by atoms with van der Waals surface area (Å²) in [5.74, 6) is -0.00473. The summed E-state index contributed by atoms with van der Waals surface area (Å²) in [5, 5.41) is 13.1. The molecule has 1 amide bonds. The van der Waals surface area contributed by atoms with Crippen LogP contribution in [0.1, 0.15) is 36.0 Å². The van der Waals surface area contributed by atoms with Gasteiger partial charge in [0.15, 0.2) is 0 Å². The van der Waals surface area contributed by atoms with Crippen LogP contribution in [-0.4, -0.2) is 36.4 Å². The highest BCUT2D eigenvalue weighted by Crippen LogP contribution is 2.19. The number of hydrogen-bond donors (Lipinski definition) is 2. The van der Waals surface area contributed by atoms with Crippen molar-refractivity contribution >= 4 is 5.91 Å². The number of aryl methyl sites for hydroxylation is 3. The molecule has 116 valence electrons. The molecule has 2 N–H and O–H groups in total. The molecule has 0 aliphatic carbocycles. The van der Waals surface area contributed by atoms with Crippen LogP contribution in [0.15, 0.2) is 18.2 Å². The standard InChI is InChI=1S/C17H25NO3/c1-13-3-4-15(14(2)11-13)5-6-16(19)18-12-17(20)7-9-21-10-8-17/h3-4,11,20H,5-10,12H2,1-2H3,(H,18,19). The van der Waals surface area contributed by atoms with Crippen molar-refractivity contribution in [1.82, 2.24) is 5.32 Å². The highest BCUT2D eigenvalue weighted by molar-refractivity contribution is 5.76. The van der Waals surface area contributed by atoms with Crippen LogP contribution >= 0.6 is 0 Å². The van der Waals surface area contributed by atoms with Crippen molar-refractivity contribution in [3.63, 3.8) is 0 Å². The first kappa shape index (κ1) is 16.0. The number of aliphatic hydroxyl groups is 1. The summed E-state index contributed by atoms with van der Waals surface area (Å²) in [6, 6.07) is 6.30. The van der Waals surface area contributed by atoms with Crippen molar-refractivity contribution in [1.29, 1.82) is 0 Å². The zero-order valence-electron chi connectivity index (χ0n) is 12.9. The molecule has 0 atom stereocenters. The van der Waals surface area contributed by atoms with Gasteiger partial charge >= 0.3 is 0 Å². The molecule has 2 rings (SSSR count). The van der Waals surface area contributed by atoms with Gasteiger partial charge in [0, 0.05) is 39.0 Å². The molecule has 0 radical (unpaired) electrons. The van der Waals surface area contributed by atoms with Gasteiger partial charge in [-0.05, 0) is 31.4 Å². The molecule has 4 heteroatoms. The van der Waals surface area contributed by atoms with E-state index in [1.54, 1.807) is 0 Å². The van der Waals surface area contributed by atoms with E-state index in [0.717, 1.165) is 6.42 Å². The zero-order valence-corrected chi connectivity index (χ0v) is 12.9. The van der Waals surface area contributed by atoms with Crippen LogP contribution in [0.3, 0.4) is 0 Å². The summed E-state index contributed by atoms with van der Waals surface area (Å²) < 4.78 is 5.23. The molecule has 0 bridgehead atoms. The van der Waals surface area contributed by atoms with Gasteiger partial charge < -0.3 is 15.2 Å². The zero-order chi connectivity index (χ0) is 15.3. The third-order valence-corrected chi connectivity index (χ3v) is 4.16. The Balaban J connectivity index is 1.77. The molecule has 1 aromatic rings. The Morgan fingerprint density at radius 2 is 2.05 bits per heavy atom. The summed E-state index contributed by atoms with van der Waals surface area (Å²) in [4.78, 5) is 11.9. The molecule has 4 nitrogen and oxygen atoms in total. The molecule has 0 aromatic heterocycles. The number of rotatable bonds is 5. The van der Waals surface area contributed by atoms with Crippen LogP contribution in [0.5, 0.6) is 0 Å². The first-order valence-electron chi connectivity index (χ1n) is 7.61. The Morgan fingerprint density at radius 1 is 1.33 bits per heavy atom. The Labute approximate surface area is 126 Å². The van der Waals surface area contributed by atoms with Crippen molar-refractivity contribution in [3.05, 3.63) is 34.9 Å². The Hall–Kier alpha value is -1.39.